The van der Waals surface area contributed by atoms with Crippen molar-refractivity contribution in [1.82, 2.24) is 4.57 Å². The third-order valence-corrected chi connectivity index (χ3v) is 1.42. The lowest BCUT2D eigenvalue weighted by molar-refractivity contribution is -0.671. The van der Waals surface area contributed by atoms with E-state index in [-0.39, 0.29) is 23.0 Å². The van der Waals surface area contributed by atoms with E-state index in [0.717, 1.165) is 0 Å². The Labute approximate surface area is 76.6 Å². The predicted octanol–water partition coefficient (Wildman–Crippen LogP) is -2.60. The van der Waals surface area contributed by atoms with E-state index in [9.17, 15) is 0 Å². The molecule has 0 bridgehead atoms. The number of rotatable bonds is 1. The minimum absolute atomic E-state index is 0. The summed E-state index contributed by atoms with van der Waals surface area (Å²) in [6.07, 6.45) is 5.68. The van der Waals surface area contributed by atoms with Gasteiger partial charge < -0.3 is 17.0 Å². The average molecular weight is 216 g/mol. The van der Waals surface area contributed by atoms with E-state index in [1.807, 2.05) is 41.8 Å². The molecule has 0 saturated heterocycles. The van der Waals surface area contributed by atoms with Crippen LogP contribution in [-0.4, -0.2) is 4.57 Å². The van der Waals surface area contributed by atoms with Gasteiger partial charge in [-0.15, -0.1) is 0 Å². The molecule has 0 N–H and O–H groups in total. The Morgan fingerprint density at radius 1 is 1.64 bits per heavy atom. The van der Waals surface area contributed by atoms with Crippen molar-refractivity contribution in [2.45, 2.75) is 13.0 Å². The highest BCUT2D eigenvalue weighted by molar-refractivity contribution is 4.87. The molecule has 1 heterocycles. The lowest BCUT2D eigenvalue weighted by Crippen LogP contribution is -3.00. The zero-order chi connectivity index (χ0) is 7.56. The summed E-state index contributed by atoms with van der Waals surface area (Å²) in [6, 6.07) is 2.08. The van der Waals surface area contributed by atoms with Crippen LogP contribution in [0.4, 0.5) is 0 Å². The summed E-state index contributed by atoms with van der Waals surface area (Å²) in [7, 11) is 1.93. The van der Waals surface area contributed by atoms with Crippen molar-refractivity contribution >= 4 is 0 Å². The molecule has 4 heteroatoms. The van der Waals surface area contributed by atoms with Crippen LogP contribution >= 0.6 is 0 Å². The third-order valence-electron chi connectivity index (χ3n) is 1.42. The SMILES string of the molecule is C[C@@H](C#N)n1cc[n+](C)c1.[Br-]. The van der Waals surface area contributed by atoms with E-state index in [1.54, 1.807) is 0 Å². The molecule has 0 spiro atoms. The number of aryl methyl sites for hydroxylation is 1. The maximum atomic E-state index is 8.52. The Hall–Kier alpha value is -0.820. The Balaban J connectivity index is 0.000001000. The smallest absolute Gasteiger partial charge is 0.244 e. The minimum Gasteiger partial charge on any atom is -1.00 e. The van der Waals surface area contributed by atoms with E-state index in [4.69, 9.17) is 5.26 Å². The molecule has 0 amide bonds. The summed E-state index contributed by atoms with van der Waals surface area (Å²) < 4.78 is 3.77. The largest absolute Gasteiger partial charge is 1.00 e. The number of imidazole rings is 1. The molecule has 1 atom stereocenters. The Kier molecular flexibility index (Phi) is 3.83. The Morgan fingerprint density at radius 2 is 2.27 bits per heavy atom. The quantitative estimate of drug-likeness (QED) is 0.474. The molecule has 0 saturated carbocycles. The van der Waals surface area contributed by atoms with Crippen molar-refractivity contribution in [2.75, 3.05) is 0 Å². The number of nitrogens with zero attached hydrogens (tertiary/aromatic N) is 3. The van der Waals surface area contributed by atoms with Gasteiger partial charge in [-0.1, -0.05) is 0 Å². The zero-order valence-corrected chi connectivity index (χ0v) is 8.12. The monoisotopic (exact) mass is 215 g/mol. The van der Waals surface area contributed by atoms with Crippen LogP contribution in [0.5, 0.6) is 0 Å². The van der Waals surface area contributed by atoms with Crippen molar-refractivity contribution in [3.8, 4) is 6.07 Å². The van der Waals surface area contributed by atoms with Gasteiger partial charge in [0.1, 0.15) is 18.5 Å². The van der Waals surface area contributed by atoms with E-state index in [2.05, 4.69) is 6.07 Å². The van der Waals surface area contributed by atoms with Gasteiger partial charge in [0, 0.05) is 0 Å². The first-order valence-corrected chi connectivity index (χ1v) is 3.16. The summed E-state index contributed by atoms with van der Waals surface area (Å²) in [5.41, 5.74) is 0. The number of hydrogen-bond acceptors (Lipinski definition) is 1. The van der Waals surface area contributed by atoms with E-state index in [1.165, 1.54) is 0 Å². The number of halogens is 1. The molecule has 0 aliphatic carbocycles. The Bertz CT molecular complexity index is 261. The topological polar surface area (TPSA) is 32.6 Å². The normalized spacial score (nSPS) is 11.4. The molecular weight excluding hydrogens is 206 g/mol. The van der Waals surface area contributed by atoms with Crippen LogP contribution in [0, 0.1) is 11.3 Å². The molecular formula is C7H10BrN3. The van der Waals surface area contributed by atoms with Crippen molar-refractivity contribution < 1.29 is 21.5 Å². The van der Waals surface area contributed by atoms with Gasteiger partial charge >= 0.3 is 0 Å². The van der Waals surface area contributed by atoms with Crippen LogP contribution in [0.3, 0.4) is 0 Å². The molecule has 0 fully saturated rings. The van der Waals surface area contributed by atoms with Gasteiger partial charge in [-0.3, -0.25) is 0 Å². The number of aromatic nitrogens is 2. The molecule has 0 aliphatic rings. The van der Waals surface area contributed by atoms with Crippen molar-refractivity contribution in [3.05, 3.63) is 18.7 Å². The maximum absolute atomic E-state index is 8.52. The first-order chi connectivity index (χ1) is 4.74. The minimum atomic E-state index is -0.0683. The number of nitriles is 1. The molecule has 0 unspecified atom stereocenters. The highest BCUT2D eigenvalue weighted by atomic mass is 79.9. The lowest BCUT2D eigenvalue weighted by atomic mass is 10.4. The Morgan fingerprint density at radius 3 is 2.64 bits per heavy atom. The van der Waals surface area contributed by atoms with Crippen molar-refractivity contribution in [1.29, 1.82) is 5.26 Å². The molecule has 60 valence electrons. The second-order valence-electron chi connectivity index (χ2n) is 2.33. The fourth-order valence-corrected chi connectivity index (χ4v) is 0.765. The van der Waals surface area contributed by atoms with Gasteiger partial charge in [-0.25, -0.2) is 9.13 Å². The molecule has 0 aliphatic heterocycles. The zero-order valence-electron chi connectivity index (χ0n) is 6.53. The molecule has 1 rings (SSSR count). The lowest BCUT2D eigenvalue weighted by Gasteiger charge is -1.92. The molecule has 3 nitrogen and oxygen atoms in total. The van der Waals surface area contributed by atoms with Crippen LogP contribution in [0.1, 0.15) is 13.0 Å². The second-order valence-corrected chi connectivity index (χ2v) is 2.33. The molecule has 0 aromatic carbocycles. The fourth-order valence-electron chi connectivity index (χ4n) is 0.765. The highest BCUT2D eigenvalue weighted by Gasteiger charge is 2.06. The van der Waals surface area contributed by atoms with Crippen LogP contribution in [-0.2, 0) is 7.05 Å². The highest BCUT2D eigenvalue weighted by Crippen LogP contribution is 1.99. The summed E-state index contributed by atoms with van der Waals surface area (Å²) in [4.78, 5) is 0. The summed E-state index contributed by atoms with van der Waals surface area (Å²) in [6.45, 7) is 1.86. The second kappa shape index (κ2) is 4.14. The fraction of sp³-hybridized carbons (Fsp3) is 0.429. The summed E-state index contributed by atoms with van der Waals surface area (Å²) in [5, 5.41) is 8.52. The first kappa shape index (κ1) is 10.2. The number of hydrogen-bond donors (Lipinski definition) is 0. The third kappa shape index (κ3) is 2.35. The maximum Gasteiger partial charge on any atom is 0.244 e. The first-order valence-electron chi connectivity index (χ1n) is 3.16. The van der Waals surface area contributed by atoms with Crippen LogP contribution in [0.2, 0.25) is 0 Å². The van der Waals surface area contributed by atoms with Crippen LogP contribution < -0.4 is 21.5 Å². The van der Waals surface area contributed by atoms with E-state index >= 15 is 0 Å². The average Bonchev–Trinajstić information content (AvgIpc) is 2.34. The van der Waals surface area contributed by atoms with Gasteiger partial charge in [-0.05, 0) is 6.92 Å². The van der Waals surface area contributed by atoms with Gasteiger partial charge in [0.15, 0.2) is 6.04 Å². The van der Waals surface area contributed by atoms with Crippen molar-refractivity contribution in [3.63, 3.8) is 0 Å². The van der Waals surface area contributed by atoms with Gasteiger partial charge in [0.25, 0.3) is 0 Å². The standard InChI is InChI=1S/C7H10N3.BrH/c1-7(5-8)10-4-3-9(2)6-10;/h3-4,6-7H,1-2H3;1H/q+1;/p-1/t7-;/m0./s1. The summed E-state index contributed by atoms with van der Waals surface area (Å²) >= 11 is 0. The predicted molar refractivity (Wildman–Crippen MR) is 35.9 cm³/mol. The molecule has 0 radical (unpaired) electrons. The molecule has 1 aromatic rings. The summed E-state index contributed by atoms with van der Waals surface area (Å²) in [5.74, 6) is 0. The molecule has 1 aromatic heterocycles. The van der Waals surface area contributed by atoms with Gasteiger partial charge in [0.2, 0.25) is 6.33 Å². The molecule has 11 heavy (non-hydrogen) atoms. The van der Waals surface area contributed by atoms with Gasteiger partial charge in [0.05, 0.1) is 7.05 Å². The van der Waals surface area contributed by atoms with E-state index in [0.29, 0.717) is 0 Å². The van der Waals surface area contributed by atoms with E-state index < -0.39 is 0 Å². The van der Waals surface area contributed by atoms with Crippen LogP contribution in [0.25, 0.3) is 0 Å². The van der Waals surface area contributed by atoms with Crippen LogP contribution in [0.15, 0.2) is 18.7 Å². The van der Waals surface area contributed by atoms with Crippen molar-refractivity contribution in [2.24, 2.45) is 7.05 Å². The van der Waals surface area contributed by atoms with Gasteiger partial charge in [-0.2, -0.15) is 5.26 Å².